The largest absolute Gasteiger partial charge is 0.325 e. The molecule has 0 radical (unpaired) electrons. The lowest BCUT2D eigenvalue weighted by Gasteiger charge is -2.11. The lowest BCUT2D eigenvalue weighted by atomic mass is 10.0. The molecule has 0 bridgehead atoms. The van der Waals surface area contributed by atoms with Gasteiger partial charge in [-0.1, -0.05) is 0 Å². The molecule has 1 N–H and O–H groups in total. The first-order chi connectivity index (χ1) is 8.34. The average molecular weight is 311 g/mol. The van der Waals surface area contributed by atoms with Crippen molar-refractivity contribution < 1.29 is 14.4 Å². The number of carbonyl (C=O) groups excluding carboxylic acids is 3. The Hall–Kier alpha value is -1.69. The molecule has 1 heterocycles. The highest BCUT2D eigenvalue weighted by Crippen LogP contribution is 2.36. The van der Waals surface area contributed by atoms with Gasteiger partial charge in [0.1, 0.15) is 0 Å². The van der Waals surface area contributed by atoms with Crippen LogP contribution in [0, 0.1) is 6.92 Å². The van der Waals surface area contributed by atoms with E-state index in [0.717, 1.165) is 4.90 Å². The van der Waals surface area contributed by atoms with E-state index in [-0.39, 0.29) is 17.4 Å². The Balaban J connectivity index is 2.75. The lowest BCUT2D eigenvalue weighted by Crippen LogP contribution is -2.24. The van der Waals surface area contributed by atoms with Crippen LogP contribution in [0.25, 0.3) is 0 Å². The van der Waals surface area contributed by atoms with Crippen molar-refractivity contribution in [2.75, 3.05) is 12.4 Å². The van der Waals surface area contributed by atoms with Gasteiger partial charge < -0.3 is 5.32 Å². The van der Waals surface area contributed by atoms with Crippen LogP contribution in [0.15, 0.2) is 10.5 Å². The van der Waals surface area contributed by atoms with E-state index in [1.165, 1.54) is 14.0 Å². The fraction of sp³-hybridized carbons (Fsp3) is 0.250. The summed E-state index contributed by atoms with van der Waals surface area (Å²) in [5, 5.41) is 2.59. The van der Waals surface area contributed by atoms with Gasteiger partial charge in [0.15, 0.2) is 0 Å². The Morgan fingerprint density at radius 1 is 1.28 bits per heavy atom. The van der Waals surface area contributed by atoms with Crippen molar-refractivity contribution >= 4 is 39.3 Å². The van der Waals surface area contributed by atoms with Gasteiger partial charge in [-0.25, -0.2) is 0 Å². The zero-order valence-electron chi connectivity index (χ0n) is 10.1. The van der Waals surface area contributed by atoms with Crippen LogP contribution in [0.3, 0.4) is 0 Å². The molecule has 0 unspecified atom stereocenters. The predicted molar refractivity (Wildman–Crippen MR) is 69.6 cm³/mol. The van der Waals surface area contributed by atoms with Crippen LogP contribution < -0.4 is 5.32 Å². The van der Waals surface area contributed by atoms with E-state index >= 15 is 0 Å². The summed E-state index contributed by atoms with van der Waals surface area (Å²) in [4.78, 5) is 36.2. The Bertz CT molecular complexity index is 595. The molecule has 1 aliphatic rings. The SMILES string of the molecule is CC(=O)Nc1c(Br)cc(C)c2c1C(=O)N(C)C2=O. The van der Waals surface area contributed by atoms with Crippen LogP contribution in [0.2, 0.25) is 0 Å². The van der Waals surface area contributed by atoms with Crippen molar-refractivity contribution in [3.8, 4) is 0 Å². The summed E-state index contributed by atoms with van der Waals surface area (Å²) in [5.74, 6) is -1.04. The quantitative estimate of drug-likeness (QED) is 0.806. The van der Waals surface area contributed by atoms with Crippen molar-refractivity contribution in [2.24, 2.45) is 0 Å². The summed E-state index contributed by atoms with van der Waals surface area (Å²) in [6.45, 7) is 3.11. The number of hydrogen-bond donors (Lipinski definition) is 1. The number of aryl methyl sites for hydroxylation is 1. The molecule has 2 rings (SSSR count). The normalized spacial score (nSPS) is 13.9. The number of anilines is 1. The van der Waals surface area contributed by atoms with Crippen molar-refractivity contribution in [3.63, 3.8) is 0 Å². The van der Waals surface area contributed by atoms with E-state index in [9.17, 15) is 14.4 Å². The Kier molecular flexibility index (Phi) is 2.98. The molecule has 0 atom stereocenters. The second-order valence-electron chi connectivity index (χ2n) is 4.15. The van der Waals surface area contributed by atoms with Crippen molar-refractivity contribution in [1.82, 2.24) is 4.90 Å². The third kappa shape index (κ3) is 1.73. The van der Waals surface area contributed by atoms with Gasteiger partial charge in [0.05, 0.1) is 16.8 Å². The van der Waals surface area contributed by atoms with Crippen molar-refractivity contribution in [1.29, 1.82) is 0 Å². The maximum atomic E-state index is 12.0. The topological polar surface area (TPSA) is 66.5 Å². The highest BCUT2D eigenvalue weighted by molar-refractivity contribution is 9.10. The number of carbonyl (C=O) groups is 3. The van der Waals surface area contributed by atoms with E-state index in [1.807, 2.05) is 0 Å². The maximum absolute atomic E-state index is 12.0. The molecule has 6 heteroatoms. The van der Waals surface area contributed by atoms with Crippen molar-refractivity contribution in [2.45, 2.75) is 13.8 Å². The fourth-order valence-electron chi connectivity index (χ4n) is 1.99. The van der Waals surface area contributed by atoms with Gasteiger partial charge >= 0.3 is 0 Å². The van der Waals surface area contributed by atoms with E-state index in [2.05, 4.69) is 21.2 Å². The van der Waals surface area contributed by atoms with Gasteiger partial charge in [-0.05, 0) is 34.5 Å². The molecule has 18 heavy (non-hydrogen) atoms. The third-order valence-corrected chi connectivity index (χ3v) is 3.44. The van der Waals surface area contributed by atoms with Gasteiger partial charge in [0.25, 0.3) is 11.8 Å². The number of halogens is 1. The minimum absolute atomic E-state index is 0.254. The first kappa shape index (κ1) is 12.8. The second-order valence-corrected chi connectivity index (χ2v) is 5.01. The van der Waals surface area contributed by atoms with Crippen LogP contribution in [0.5, 0.6) is 0 Å². The van der Waals surface area contributed by atoms with E-state index < -0.39 is 5.91 Å². The molecule has 1 aliphatic heterocycles. The Morgan fingerprint density at radius 3 is 2.39 bits per heavy atom. The van der Waals surface area contributed by atoms with E-state index in [4.69, 9.17) is 0 Å². The zero-order valence-corrected chi connectivity index (χ0v) is 11.7. The molecule has 0 saturated heterocycles. The third-order valence-electron chi connectivity index (χ3n) is 2.81. The summed E-state index contributed by atoms with van der Waals surface area (Å²) >= 11 is 3.30. The molecular formula is C12H11BrN2O3. The minimum atomic E-state index is -0.400. The van der Waals surface area contributed by atoms with Crippen LogP contribution in [0.1, 0.15) is 33.2 Å². The standard InChI is InChI=1S/C12H11BrN2O3/c1-5-4-7(13)10(14-6(2)16)9-8(5)11(17)15(3)12(9)18/h4H,1-3H3,(H,14,16). The van der Waals surface area contributed by atoms with Gasteiger partial charge in [-0.15, -0.1) is 0 Å². The molecule has 94 valence electrons. The number of amides is 3. The van der Waals surface area contributed by atoms with Gasteiger partial charge in [-0.2, -0.15) is 0 Å². The smallest absolute Gasteiger partial charge is 0.263 e. The van der Waals surface area contributed by atoms with Crippen LogP contribution in [-0.2, 0) is 4.79 Å². The molecular weight excluding hydrogens is 300 g/mol. The molecule has 0 saturated carbocycles. The average Bonchev–Trinajstić information content (AvgIpc) is 2.49. The number of imide groups is 1. The highest BCUT2D eigenvalue weighted by atomic mass is 79.9. The van der Waals surface area contributed by atoms with Gasteiger partial charge in [0, 0.05) is 18.4 Å². The molecule has 1 aromatic carbocycles. The molecule has 0 spiro atoms. The van der Waals surface area contributed by atoms with Crippen molar-refractivity contribution in [3.05, 3.63) is 27.2 Å². The van der Waals surface area contributed by atoms with Gasteiger partial charge in [-0.3, -0.25) is 19.3 Å². The van der Waals surface area contributed by atoms with Crippen LogP contribution in [0.4, 0.5) is 5.69 Å². The Labute approximate surface area is 112 Å². The molecule has 3 amide bonds. The number of benzene rings is 1. The zero-order chi connectivity index (χ0) is 13.6. The van der Waals surface area contributed by atoms with Gasteiger partial charge in [0.2, 0.25) is 5.91 Å². The highest BCUT2D eigenvalue weighted by Gasteiger charge is 2.37. The lowest BCUT2D eigenvalue weighted by molar-refractivity contribution is -0.114. The number of rotatable bonds is 1. The van der Waals surface area contributed by atoms with E-state index in [1.54, 1.807) is 13.0 Å². The molecule has 0 aromatic heterocycles. The van der Waals surface area contributed by atoms with Crippen LogP contribution in [-0.4, -0.2) is 29.7 Å². The second kappa shape index (κ2) is 4.20. The summed E-state index contributed by atoms with van der Waals surface area (Å²) in [5.41, 5.74) is 1.67. The predicted octanol–water partition coefficient (Wildman–Crippen LogP) is 1.94. The minimum Gasteiger partial charge on any atom is -0.325 e. The fourth-order valence-corrected chi connectivity index (χ4v) is 2.63. The number of nitrogens with zero attached hydrogens (tertiary/aromatic N) is 1. The monoisotopic (exact) mass is 310 g/mol. The number of fused-ring (bicyclic) bond motifs is 1. The van der Waals surface area contributed by atoms with E-state index in [0.29, 0.717) is 21.3 Å². The molecule has 1 aromatic rings. The summed E-state index contributed by atoms with van der Waals surface area (Å²) < 4.78 is 0.588. The number of hydrogen-bond acceptors (Lipinski definition) is 3. The molecule has 5 nitrogen and oxygen atoms in total. The first-order valence-electron chi connectivity index (χ1n) is 5.27. The first-order valence-corrected chi connectivity index (χ1v) is 6.07. The summed E-state index contributed by atoms with van der Waals surface area (Å²) in [7, 11) is 1.43. The summed E-state index contributed by atoms with van der Waals surface area (Å²) in [6.07, 6.45) is 0. The molecule has 0 aliphatic carbocycles. The molecule has 0 fully saturated rings. The Morgan fingerprint density at radius 2 is 1.83 bits per heavy atom. The summed E-state index contributed by atoms with van der Waals surface area (Å²) in [6, 6.07) is 1.72. The maximum Gasteiger partial charge on any atom is 0.263 e. The van der Waals surface area contributed by atoms with Crippen LogP contribution >= 0.6 is 15.9 Å². The number of nitrogens with one attached hydrogen (secondary N) is 1.